The maximum Gasteiger partial charge on any atom is 0.213 e. The molecule has 0 fully saturated rings. The van der Waals surface area contributed by atoms with Crippen LogP contribution < -0.4 is 4.74 Å². The van der Waals surface area contributed by atoms with Gasteiger partial charge in [0.2, 0.25) is 5.88 Å². The molecule has 1 N–H and O–H groups in total. The number of hydrogen-bond donors (Lipinski definition) is 1. The predicted molar refractivity (Wildman–Crippen MR) is 97.8 cm³/mol. The van der Waals surface area contributed by atoms with Crippen LogP contribution in [0.5, 0.6) is 5.88 Å². The lowest BCUT2D eigenvalue weighted by molar-refractivity contribution is 0.182. The third-order valence-corrected chi connectivity index (χ3v) is 4.09. The maximum atomic E-state index is 9.41. The summed E-state index contributed by atoms with van der Waals surface area (Å²) in [6.45, 7) is 2.31. The van der Waals surface area contributed by atoms with Crippen LogP contribution in [0.25, 0.3) is 5.69 Å². The first kappa shape index (κ1) is 17.2. The van der Waals surface area contributed by atoms with E-state index in [4.69, 9.17) is 4.74 Å². The summed E-state index contributed by atoms with van der Waals surface area (Å²) in [6.07, 6.45) is 3.83. The standard InChI is InChI=1S/C20H23N3O2/c1-25-20-10-9-18(14-21-20)23-11-5-8-19(23)16-22(12-13-24)15-17-6-3-2-4-7-17/h2-11,14,24H,12-13,15-16H2,1H3. The van der Waals surface area contributed by atoms with E-state index in [0.29, 0.717) is 12.4 Å². The van der Waals surface area contributed by atoms with E-state index in [1.165, 1.54) is 5.56 Å². The molecule has 2 aromatic heterocycles. The van der Waals surface area contributed by atoms with Crippen molar-refractivity contribution in [2.75, 3.05) is 20.3 Å². The van der Waals surface area contributed by atoms with Gasteiger partial charge in [0.1, 0.15) is 0 Å². The molecule has 0 radical (unpaired) electrons. The highest BCUT2D eigenvalue weighted by Gasteiger charge is 2.11. The third-order valence-electron chi connectivity index (χ3n) is 4.09. The normalized spacial score (nSPS) is 11.0. The van der Waals surface area contributed by atoms with Gasteiger partial charge in [-0.3, -0.25) is 4.90 Å². The third kappa shape index (κ3) is 4.47. The summed E-state index contributed by atoms with van der Waals surface area (Å²) in [5.41, 5.74) is 3.38. The Morgan fingerprint density at radius 1 is 1.04 bits per heavy atom. The van der Waals surface area contributed by atoms with Gasteiger partial charge in [0.25, 0.3) is 0 Å². The van der Waals surface area contributed by atoms with Crippen LogP contribution in [0.2, 0.25) is 0 Å². The Bertz CT molecular complexity index is 769. The summed E-state index contributed by atoms with van der Waals surface area (Å²) in [5.74, 6) is 0.600. The zero-order chi connectivity index (χ0) is 17.5. The summed E-state index contributed by atoms with van der Waals surface area (Å²) < 4.78 is 7.24. The van der Waals surface area contributed by atoms with Gasteiger partial charge >= 0.3 is 0 Å². The topological polar surface area (TPSA) is 50.5 Å². The molecular formula is C20H23N3O2. The highest BCUT2D eigenvalue weighted by molar-refractivity contribution is 5.34. The van der Waals surface area contributed by atoms with Crippen LogP contribution in [0.1, 0.15) is 11.3 Å². The van der Waals surface area contributed by atoms with Crippen molar-refractivity contribution in [1.29, 1.82) is 0 Å². The Morgan fingerprint density at radius 2 is 1.88 bits per heavy atom. The van der Waals surface area contributed by atoms with E-state index in [1.54, 1.807) is 13.3 Å². The second kappa shape index (κ2) is 8.46. The van der Waals surface area contributed by atoms with Crippen LogP contribution in [-0.4, -0.2) is 39.8 Å². The lowest BCUT2D eigenvalue weighted by Crippen LogP contribution is -2.27. The number of aliphatic hydroxyl groups is 1. The van der Waals surface area contributed by atoms with Gasteiger partial charge in [-0.15, -0.1) is 0 Å². The highest BCUT2D eigenvalue weighted by Crippen LogP contribution is 2.17. The van der Waals surface area contributed by atoms with E-state index in [9.17, 15) is 5.11 Å². The smallest absolute Gasteiger partial charge is 0.213 e. The fraction of sp³-hybridized carbons (Fsp3) is 0.250. The lowest BCUT2D eigenvalue weighted by Gasteiger charge is -2.22. The molecule has 0 unspecified atom stereocenters. The first-order valence-corrected chi connectivity index (χ1v) is 8.34. The number of pyridine rings is 1. The molecule has 0 atom stereocenters. The summed E-state index contributed by atoms with van der Waals surface area (Å²) in [5, 5.41) is 9.41. The predicted octanol–water partition coefficient (Wildman–Crippen LogP) is 2.88. The first-order chi connectivity index (χ1) is 12.3. The quantitative estimate of drug-likeness (QED) is 0.687. The summed E-state index contributed by atoms with van der Waals surface area (Å²) >= 11 is 0. The molecular weight excluding hydrogens is 314 g/mol. The Labute approximate surface area is 148 Å². The Hall–Kier alpha value is -2.63. The summed E-state index contributed by atoms with van der Waals surface area (Å²) in [4.78, 5) is 6.52. The van der Waals surface area contributed by atoms with E-state index >= 15 is 0 Å². The van der Waals surface area contributed by atoms with E-state index in [-0.39, 0.29) is 6.61 Å². The van der Waals surface area contributed by atoms with Crippen molar-refractivity contribution in [3.05, 3.63) is 78.2 Å². The number of benzene rings is 1. The van der Waals surface area contributed by atoms with Gasteiger partial charge in [0.15, 0.2) is 0 Å². The van der Waals surface area contributed by atoms with Crippen LogP contribution in [-0.2, 0) is 13.1 Å². The minimum Gasteiger partial charge on any atom is -0.481 e. The van der Waals surface area contributed by atoms with Crippen molar-refractivity contribution >= 4 is 0 Å². The Balaban J connectivity index is 1.77. The number of hydrogen-bond acceptors (Lipinski definition) is 4. The molecule has 3 aromatic rings. The van der Waals surface area contributed by atoms with Crippen LogP contribution in [0.3, 0.4) is 0 Å². The maximum absolute atomic E-state index is 9.41. The summed E-state index contributed by atoms with van der Waals surface area (Å²) in [6, 6.07) is 18.3. The molecule has 0 spiro atoms. The van der Waals surface area contributed by atoms with E-state index in [2.05, 4.69) is 32.7 Å². The summed E-state index contributed by atoms with van der Waals surface area (Å²) in [7, 11) is 1.61. The second-order valence-electron chi connectivity index (χ2n) is 5.85. The zero-order valence-electron chi connectivity index (χ0n) is 14.4. The molecule has 0 aliphatic heterocycles. The molecule has 0 saturated heterocycles. The van der Waals surface area contributed by atoms with Crippen molar-refractivity contribution in [1.82, 2.24) is 14.5 Å². The average molecular weight is 337 g/mol. The number of nitrogens with zero attached hydrogens (tertiary/aromatic N) is 3. The van der Waals surface area contributed by atoms with E-state index < -0.39 is 0 Å². The van der Waals surface area contributed by atoms with Crippen LogP contribution >= 0.6 is 0 Å². The van der Waals surface area contributed by atoms with Gasteiger partial charge in [-0.05, 0) is 23.8 Å². The molecule has 0 saturated carbocycles. The Morgan fingerprint density at radius 3 is 2.56 bits per heavy atom. The molecule has 0 aliphatic rings. The van der Waals surface area contributed by atoms with Gasteiger partial charge in [-0.1, -0.05) is 30.3 Å². The molecule has 0 bridgehead atoms. The van der Waals surface area contributed by atoms with Crippen molar-refractivity contribution in [2.45, 2.75) is 13.1 Å². The lowest BCUT2D eigenvalue weighted by atomic mass is 10.2. The number of rotatable bonds is 8. The second-order valence-corrected chi connectivity index (χ2v) is 5.85. The average Bonchev–Trinajstić information content (AvgIpc) is 3.11. The number of aromatic nitrogens is 2. The molecule has 3 rings (SSSR count). The molecule has 0 aliphatic carbocycles. The fourth-order valence-corrected chi connectivity index (χ4v) is 2.86. The molecule has 1 aromatic carbocycles. The van der Waals surface area contributed by atoms with E-state index in [0.717, 1.165) is 24.5 Å². The minimum absolute atomic E-state index is 0.137. The van der Waals surface area contributed by atoms with Gasteiger partial charge in [-0.25, -0.2) is 4.98 Å². The van der Waals surface area contributed by atoms with Crippen LogP contribution in [0.15, 0.2) is 67.0 Å². The largest absolute Gasteiger partial charge is 0.481 e. The molecule has 0 amide bonds. The number of aliphatic hydroxyl groups excluding tert-OH is 1. The van der Waals surface area contributed by atoms with Crippen molar-refractivity contribution < 1.29 is 9.84 Å². The molecule has 130 valence electrons. The van der Waals surface area contributed by atoms with Crippen LogP contribution in [0, 0.1) is 0 Å². The van der Waals surface area contributed by atoms with Crippen molar-refractivity contribution in [3.8, 4) is 11.6 Å². The number of methoxy groups -OCH3 is 1. The molecule has 25 heavy (non-hydrogen) atoms. The SMILES string of the molecule is COc1ccc(-n2cccc2CN(CCO)Cc2ccccc2)cn1. The van der Waals surface area contributed by atoms with Crippen molar-refractivity contribution in [3.63, 3.8) is 0 Å². The minimum atomic E-state index is 0.137. The zero-order valence-corrected chi connectivity index (χ0v) is 14.4. The molecule has 2 heterocycles. The Kier molecular flexibility index (Phi) is 5.82. The fourth-order valence-electron chi connectivity index (χ4n) is 2.86. The number of ether oxygens (including phenoxy) is 1. The van der Waals surface area contributed by atoms with Gasteiger partial charge in [-0.2, -0.15) is 0 Å². The molecule has 5 nitrogen and oxygen atoms in total. The monoisotopic (exact) mass is 337 g/mol. The van der Waals surface area contributed by atoms with Gasteiger partial charge in [0.05, 0.1) is 25.6 Å². The first-order valence-electron chi connectivity index (χ1n) is 8.34. The van der Waals surface area contributed by atoms with Crippen LogP contribution in [0.4, 0.5) is 0 Å². The van der Waals surface area contributed by atoms with Gasteiger partial charge in [0, 0.05) is 37.6 Å². The molecule has 5 heteroatoms. The highest BCUT2D eigenvalue weighted by atomic mass is 16.5. The van der Waals surface area contributed by atoms with E-state index in [1.807, 2.05) is 42.6 Å². The van der Waals surface area contributed by atoms with Crippen molar-refractivity contribution in [2.24, 2.45) is 0 Å². The van der Waals surface area contributed by atoms with Gasteiger partial charge < -0.3 is 14.4 Å².